The molecule has 0 spiro atoms. The molecule has 28 heteroatoms. The van der Waals surface area contributed by atoms with Crippen LogP contribution in [0.25, 0.3) is 0 Å². The van der Waals surface area contributed by atoms with Crippen LogP contribution in [0.15, 0.2) is 0 Å². The second kappa shape index (κ2) is 75.4. The van der Waals surface area contributed by atoms with Crippen LogP contribution in [-0.4, -0.2) is 338 Å². The summed E-state index contributed by atoms with van der Waals surface area (Å²) >= 11 is 0. The first-order chi connectivity index (χ1) is 39.3. The molecule has 27 nitrogen and oxygen atoms in total. The smallest absolute Gasteiger partial charge is 0.332 e. The van der Waals surface area contributed by atoms with Crippen molar-refractivity contribution in [2.45, 2.75) is 0 Å². The fraction of sp³-hybridized carbons (Fsp3) is 1.00. The van der Waals surface area contributed by atoms with Gasteiger partial charge in [0, 0.05) is 21.3 Å². The zero-order chi connectivity index (χ0) is 56.6. The first-order valence-electron chi connectivity index (χ1n) is 27.6. The van der Waals surface area contributed by atoms with Crippen molar-refractivity contribution < 1.29 is 127 Å². The average Bonchev–Trinajstić information content (AvgIpc) is 3.46. The van der Waals surface area contributed by atoms with Crippen LogP contribution < -0.4 is 0 Å². The molecule has 0 rings (SSSR count). The zero-order valence-electron chi connectivity index (χ0n) is 48.4. The number of ether oxygens (including phenoxy) is 24. The maximum atomic E-state index is 5.86. The highest BCUT2D eigenvalue weighted by Crippen LogP contribution is 2.39. The van der Waals surface area contributed by atoms with E-state index < -0.39 is 8.60 Å². The van der Waals surface area contributed by atoms with E-state index in [0.717, 1.165) is 0 Å². The Morgan fingerprint density at radius 2 is 0.215 bits per heavy atom. The summed E-state index contributed by atoms with van der Waals surface area (Å²) in [5.41, 5.74) is 0. The van der Waals surface area contributed by atoms with Crippen LogP contribution in [0.4, 0.5) is 0 Å². The molecule has 0 aliphatic carbocycles. The molecule has 79 heavy (non-hydrogen) atoms. The predicted molar refractivity (Wildman–Crippen MR) is 288 cm³/mol. The van der Waals surface area contributed by atoms with Crippen molar-refractivity contribution in [3.05, 3.63) is 0 Å². The van der Waals surface area contributed by atoms with Crippen LogP contribution in [0.2, 0.25) is 0 Å². The van der Waals surface area contributed by atoms with E-state index in [0.29, 0.717) is 297 Å². The van der Waals surface area contributed by atoms with Crippen LogP contribution in [-0.2, 0) is 127 Å². The molecule has 0 aliphatic rings. The molecule has 0 aromatic heterocycles. The first kappa shape index (κ1) is 78.4. The summed E-state index contributed by atoms with van der Waals surface area (Å²) in [4.78, 5) is 0. The Balaban J connectivity index is 3.99. The van der Waals surface area contributed by atoms with E-state index in [1.165, 1.54) is 0 Å². The third-order valence-electron chi connectivity index (χ3n) is 9.26. The molecule has 0 N–H and O–H groups in total. The van der Waals surface area contributed by atoms with Gasteiger partial charge in [0.1, 0.15) is 0 Å². The van der Waals surface area contributed by atoms with Crippen LogP contribution in [0.1, 0.15) is 0 Å². The molecule has 0 aliphatic heterocycles. The van der Waals surface area contributed by atoms with Gasteiger partial charge in [0.05, 0.1) is 317 Å². The van der Waals surface area contributed by atoms with Gasteiger partial charge in [-0.25, -0.2) is 0 Å². The molecule has 0 bridgehead atoms. The second-order valence-corrected chi connectivity index (χ2v) is 16.8. The third-order valence-corrected chi connectivity index (χ3v) is 10.4. The molecule has 0 aromatic rings. The van der Waals surface area contributed by atoms with Gasteiger partial charge in [-0.05, 0) is 0 Å². The highest BCUT2D eigenvalue weighted by Gasteiger charge is 2.13. The largest absolute Gasteiger partial charge is 0.382 e. The molecule has 476 valence electrons. The van der Waals surface area contributed by atoms with Crippen molar-refractivity contribution in [3.8, 4) is 0 Å². The molecule has 0 radical (unpaired) electrons. The summed E-state index contributed by atoms with van der Waals surface area (Å²) in [6, 6.07) is 0. The Labute approximate surface area is 473 Å². The maximum absolute atomic E-state index is 5.86. The summed E-state index contributed by atoms with van der Waals surface area (Å²) < 4.78 is 148. The number of rotatable bonds is 75. The topological polar surface area (TPSA) is 249 Å². The molecule has 0 amide bonds. The maximum Gasteiger partial charge on any atom is 0.332 e. The normalized spacial score (nSPS) is 11.8. The van der Waals surface area contributed by atoms with E-state index in [1.54, 1.807) is 21.3 Å². The van der Waals surface area contributed by atoms with Gasteiger partial charge < -0.3 is 127 Å². The second-order valence-electron chi connectivity index (χ2n) is 15.6. The lowest BCUT2D eigenvalue weighted by molar-refractivity contribution is -0.0242. The van der Waals surface area contributed by atoms with Crippen molar-refractivity contribution in [1.29, 1.82) is 0 Å². The molecular formula is C51H105O27P. The molecule has 0 saturated carbocycles. The third kappa shape index (κ3) is 73.4. The quantitative estimate of drug-likeness (QED) is 0.0619. The zero-order valence-corrected chi connectivity index (χ0v) is 49.3. The van der Waals surface area contributed by atoms with Gasteiger partial charge in [-0.15, -0.1) is 0 Å². The van der Waals surface area contributed by atoms with E-state index >= 15 is 0 Å². The SMILES string of the molecule is COCCOCCOCCOCCOCCOCCOCCOCCOP(OCCOCCOCCOCCOCCOCCOCCOCCOC)OCCOCCOCCOCCOCCOCCOCCOCCOC. The summed E-state index contributed by atoms with van der Waals surface area (Å²) in [5.74, 6) is 0. The molecule has 0 unspecified atom stereocenters. The molecule has 0 fully saturated rings. The van der Waals surface area contributed by atoms with E-state index in [4.69, 9.17) is 127 Å². The lowest BCUT2D eigenvalue weighted by Crippen LogP contribution is -2.15. The van der Waals surface area contributed by atoms with Gasteiger partial charge in [-0.1, -0.05) is 0 Å². The van der Waals surface area contributed by atoms with Crippen molar-refractivity contribution in [1.82, 2.24) is 0 Å². The van der Waals surface area contributed by atoms with Crippen LogP contribution in [0.5, 0.6) is 0 Å². The Bertz CT molecular complexity index is 937. The van der Waals surface area contributed by atoms with Gasteiger partial charge >= 0.3 is 8.60 Å². The minimum atomic E-state index is -1.68. The van der Waals surface area contributed by atoms with Crippen molar-refractivity contribution in [3.63, 3.8) is 0 Å². The minimum Gasteiger partial charge on any atom is -0.382 e. The molecule has 0 atom stereocenters. The monoisotopic (exact) mass is 1180 g/mol. The highest BCUT2D eigenvalue weighted by atomic mass is 31.2. The van der Waals surface area contributed by atoms with Crippen molar-refractivity contribution >= 4 is 8.60 Å². The summed E-state index contributed by atoms with van der Waals surface area (Å²) in [5, 5.41) is 0. The Morgan fingerprint density at radius 1 is 0.127 bits per heavy atom. The van der Waals surface area contributed by atoms with Gasteiger partial charge in [-0.3, -0.25) is 0 Å². The van der Waals surface area contributed by atoms with Gasteiger partial charge in [0.15, 0.2) is 0 Å². The highest BCUT2D eigenvalue weighted by molar-refractivity contribution is 7.41. The van der Waals surface area contributed by atoms with E-state index in [1.807, 2.05) is 0 Å². The molecule has 0 heterocycles. The van der Waals surface area contributed by atoms with E-state index in [-0.39, 0.29) is 19.8 Å². The van der Waals surface area contributed by atoms with Crippen LogP contribution in [0.3, 0.4) is 0 Å². The molecule has 0 saturated heterocycles. The lowest BCUT2D eigenvalue weighted by Gasteiger charge is -2.17. The van der Waals surface area contributed by atoms with Crippen LogP contribution in [0, 0.1) is 0 Å². The minimum absolute atomic E-state index is 0.264. The number of hydrogen-bond donors (Lipinski definition) is 0. The summed E-state index contributed by atoms with van der Waals surface area (Å²) in [6.07, 6.45) is 0. The van der Waals surface area contributed by atoms with Gasteiger partial charge in [0.25, 0.3) is 0 Å². The van der Waals surface area contributed by atoms with E-state index in [2.05, 4.69) is 0 Å². The Morgan fingerprint density at radius 3 is 0.316 bits per heavy atom. The Kier molecular flexibility index (Phi) is 74.7. The number of methoxy groups -OCH3 is 3. The first-order valence-corrected chi connectivity index (χ1v) is 28.7. The lowest BCUT2D eigenvalue weighted by atomic mass is 10.6. The predicted octanol–water partition coefficient (Wildman–Crippen LogP) is 1.55. The van der Waals surface area contributed by atoms with Crippen molar-refractivity contribution in [2.24, 2.45) is 0 Å². The molecule has 0 aromatic carbocycles. The number of hydrogen-bond acceptors (Lipinski definition) is 27. The van der Waals surface area contributed by atoms with Crippen molar-refractivity contribution in [2.75, 3.05) is 338 Å². The summed E-state index contributed by atoms with van der Waals surface area (Å²) in [6.45, 7) is 22.3. The van der Waals surface area contributed by atoms with Gasteiger partial charge in [-0.2, -0.15) is 0 Å². The van der Waals surface area contributed by atoms with Crippen LogP contribution >= 0.6 is 8.60 Å². The average molecular weight is 1180 g/mol. The molecular weight excluding hydrogens is 1080 g/mol. The summed E-state index contributed by atoms with van der Waals surface area (Å²) in [7, 11) is 3.25. The van der Waals surface area contributed by atoms with E-state index in [9.17, 15) is 0 Å². The van der Waals surface area contributed by atoms with Gasteiger partial charge in [0.2, 0.25) is 0 Å². The fourth-order valence-corrected chi connectivity index (χ4v) is 6.21. The standard InChI is InChI=1S/C51H105O27P/c1-52-4-7-55-10-13-58-16-19-61-22-25-64-28-31-67-34-37-70-40-43-73-46-49-76-79(77-50-47-74-44-41-71-38-35-68-32-29-65-26-23-62-20-17-59-14-11-56-8-5-53-2)78-51-48-75-45-42-72-39-36-69-33-30-66-27-24-63-21-18-60-15-12-57-9-6-54-3/h4-51H2,1-3H3. The Hall–Kier alpha value is -0.650. The fourth-order valence-electron chi connectivity index (χ4n) is 5.32.